The van der Waals surface area contributed by atoms with Gasteiger partial charge in [-0.1, -0.05) is 25.1 Å². The molecule has 96 valence electrons. The van der Waals surface area contributed by atoms with Crippen molar-refractivity contribution in [3.63, 3.8) is 0 Å². The molecule has 0 bridgehead atoms. The van der Waals surface area contributed by atoms with E-state index in [0.29, 0.717) is 11.4 Å². The minimum atomic E-state index is -3.35. The fraction of sp³-hybridized carbons (Fsp3) is 0.500. The smallest absolute Gasteiger partial charge is 0.242 e. The summed E-state index contributed by atoms with van der Waals surface area (Å²) in [5.41, 5.74) is 0.814. The molecular formula is C12H20N2O2S. The van der Waals surface area contributed by atoms with Crippen LogP contribution in [0.4, 0.5) is 0 Å². The van der Waals surface area contributed by atoms with Gasteiger partial charge in [0.2, 0.25) is 10.0 Å². The average molecular weight is 256 g/mol. The van der Waals surface area contributed by atoms with E-state index in [1.807, 2.05) is 12.1 Å². The van der Waals surface area contributed by atoms with E-state index in [-0.39, 0.29) is 0 Å². The van der Waals surface area contributed by atoms with Crippen LogP contribution in [-0.4, -0.2) is 33.4 Å². The van der Waals surface area contributed by atoms with Gasteiger partial charge in [-0.05, 0) is 24.6 Å². The van der Waals surface area contributed by atoms with E-state index in [4.69, 9.17) is 0 Å². The molecule has 1 aromatic rings. The second-order valence-corrected chi connectivity index (χ2v) is 6.19. The largest absolute Gasteiger partial charge is 0.313 e. The van der Waals surface area contributed by atoms with Crippen LogP contribution in [0, 0.1) is 0 Å². The van der Waals surface area contributed by atoms with Crippen molar-refractivity contribution in [1.82, 2.24) is 9.62 Å². The minimum absolute atomic E-state index is 0.383. The Hall–Kier alpha value is -0.910. The zero-order chi connectivity index (χ0) is 12.9. The van der Waals surface area contributed by atoms with Gasteiger partial charge in [0.05, 0.1) is 4.90 Å². The van der Waals surface area contributed by atoms with E-state index in [1.54, 1.807) is 26.2 Å². The van der Waals surface area contributed by atoms with Gasteiger partial charge in [-0.15, -0.1) is 0 Å². The molecule has 0 heterocycles. The van der Waals surface area contributed by atoms with Gasteiger partial charge in [0, 0.05) is 20.6 Å². The second-order valence-electron chi connectivity index (χ2n) is 4.07. The highest BCUT2D eigenvalue weighted by Crippen LogP contribution is 2.18. The number of hydrogen-bond acceptors (Lipinski definition) is 3. The first-order valence-electron chi connectivity index (χ1n) is 5.71. The van der Waals surface area contributed by atoms with Crippen molar-refractivity contribution in [2.45, 2.75) is 24.8 Å². The van der Waals surface area contributed by atoms with E-state index in [9.17, 15) is 8.42 Å². The highest BCUT2D eigenvalue weighted by Gasteiger charge is 2.20. The van der Waals surface area contributed by atoms with Crippen molar-refractivity contribution >= 4 is 10.0 Å². The Morgan fingerprint density at radius 3 is 2.47 bits per heavy atom. The van der Waals surface area contributed by atoms with Crippen molar-refractivity contribution in [2.75, 3.05) is 20.6 Å². The molecule has 0 atom stereocenters. The van der Waals surface area contributed by atoms with E-state index in [0.717, 1.165) is 18.5 Å². The van der Waals surface area contributed by atoms with E-state index >= 15 is 0 Å². The van der Waals surface area contributed by atoms with Crippen molar-refractivity contribution in [1.29, 1.82) is 0 Å². The van der Waals surface area contributed by atoms with Crippen LogP contribution in [0.25, 0.3) is 0 Å². The molecule has 0 fully saturated rings. The van der Waals surface area contributed by atoms with Gasteiger partial charge in [0.25, 0.3) is 0 Å². The number of hydrogen-bond donors (Lipinski definition) is 1. The predicted octanol–water partition coefficient (Wildman–Crippen LogP) is 1.44. The van der Waals surface area contributed by atoms with Crippen molar-refractivity contribution in [3.8, 4) is 0 Å². The summed E-state index contributed by atoms with van der Waals surface area (Å²) in [6.45, 7) is 3.54. The number of rotatable bonds is 6. The molecule has 0 spiro atoms. The lowest BCUT2D eigenvalue weighted by Gasteiger charge is -2.15. The molecule has 0 aliphatic heterocycles. The standard InChI is InChI=1S/C12H20N2O2S/c1-4-9-13-10-11-7-5-6-8-12(11)17(15,16)14(2)3/h5-8,13H,4,9-10H2,1-3H3. The Morgan fingerprint density at radius 2 is 1.88 bits per heavy atom. The van der Waals surface area contributed by atoms with Crippen LogP contribution >= 0.6 is 0 Å². The first-order chi connectivity index (χ1) is 8.00. The average Bonchev–Trinajstić information content (AvgIpc) is 2.29. The van der Waals surface area contributed by atoms with Gasteiger partial charge in [0.15, 0.2) is 0 Å². The molecule has 17 heavy (non-hydrogen) atoms. The van der Waals surface area contributed by atoms with Gasteiger partial charge in [-0.3, -0.25) is 0 Å². The molecule has 0 aliphatic carbocycles. The summed E-state index contributed by atoms with van der Waals surface area (Å²) in [4.78, 5) is 0.383. The van der Waals surface area contributed by atoms with Gasteiger partial charge < -0.3 is 5.32 Å². The van der Waals surface area contributed by atoms with Gasteiger partial charge in [-0.2, -0.15) is 0 Å². The third-order valence-electron chi connectivity index (χ3n) is 2.47. The molecule has 1 rings (SSSR count). The summed E-state index contributed by atoms with van der Waals surface area (Å²) in [5, 5.41) is 3.22. The summed E-state index contributed by atoms with van der Waals surface area (Å²) >= 11 is 0. The summed E-state index contributed by atoms with van der Waals surface area (Å²) < 4.78 is 25.4. The molecule has 0 saturated carbocycles. The van der Waals surface area contributed by atoms with Gasteiger partial charge in [-0.25, -0.2) is 12.7 Å². The zero-order valence-corrected chi connectivity index (χ0v) is 11.4. The first-order valence-corrected chi connectivity index (χ1v) is 7.15. The van der Waals surface area contributed by atoms with Crippen molar-refractivity contribution in [2.24, 2.45) is 0 Å². The molecule has 0 unspecified atom stereocenters. The van der Waals surface area contributed by atoms with Crippen molar-refractivity contribution in [3.05, 3.63) is 29.8 Å². The van der Waals surface area contributed by atoms with E-state index < -0.39 is 10.0 Å². The topological polar surface area (TPSA) is 49.4 Å². The van der Waals surface area contributed by atoms with Gasteiger partial charge in [0.1, 0.15) is 0 Å². The van der Waals surface area contributed by atoms with Crippen LogP contribution in [0.1, 0.15) is 18.9 Å². The Balaban J connectivity index is 3.00. The zero-order valence-electron chi connectivity index (χ0n) is 10.6. The van der Waals surface area contributed by atoms with E-state index in [2.05, 4.69) is 12.2 Å². The number of nitrogens with zero attached hydrogens (tertiary/aromatic N) is 1. The second kappa shape index (κ2) is 6.14. The molecule has 0 amide bonds. The molecule has 0 aromatic heterocycles. The van der Waals surface area contributed by atoms with Crippen LogP contribution < -0.4 is 5.32 Å². The van der Waals surface area contributed by atoms with Gasteiger partial charge >= 0.3 is 0 Å². The number of benzene rings is 1. The SMILES string of the molecule is CCCNCc1ccccc1S(=O)(=O)N(C)C. The van der Waals surface area contributed by atoms with Crippen LogP contribution in [0.3, 0.4) is 0 Å². The quantitative estimate of drug-likeness (QED) is 0.783. The Kier molecular flexibility index (Phi) is 5.11. The summed E-state index contributed by atoms with van der Waals surface area (Å²) in [7, 11) is -0.257. The van der Waals surface area contributed by atoms with Crippen LogP contribution in [-0.2, 0) is 16.6 Å². The van der Waals surface area contributed by atoms with Crippen LogP contribution in [0.5, 0.6) is 0 Å². The molecule has 4 nitrogen and oxygen atoms in total. The Morgan fingerprint density at radius 1 is 1.24 bits per heavy atom. The number of sulfonamides is 1. The lowest BCUT2D eigenvalue weighted by Crippen LogP contribution is -2.25. The van der Waals surface area contributed by atoms with Crippen LogP contribution in [0.2, 0.25) is 0 Å². The summed E-state index contributed by atoms with van der Waals surface area (Å²) in [6, 6.07) is 7.11. The van der Waals surface area contributed by atoms with Crippen LogP contribution in [0.15, 0.2) is 29.2 Å². The molecule has 0 saturated heterocycles. The van der Waals surface area contributed by atoms with E-state index in [1.165, 1.54) is 4.31 Å². The molecule has 0 radical (unpaired) electrons. The Bertz CT molecular complexity index is 455. The third kappa shape index (κ3) is 3.52. The fourth-order valence-electron chi connectivity index (χ4n) is 1.50. The maximum atomic E-state index is 12.1. The lowest BCUT2D eigenvalue weighted by molar-refractivity contribution is 0.518. The lowest BCUT2D eigenvalue weighted by atomic mass is 10.2. The summed E-state index contributed by atoms with van der Waals surface area (Å²) in [5.74, 6) is 0. The van der Waals surface area contributed by atoms with Crippen molar-refractivity contribution < 1.29 is 8.42 Å². The Labute approximate surface area is 104 Å². The normalized spacial score (nSPS) is 12.0. The monoisotopic (exact) mass is 256 g/mol. The molecule has 5 heteroatoms. The number of nitrogens with one attached hydrogen (secondary N) is 1. The minimum Gasteiger partial charge on any atom is -0.313 e. The molecule has 1 N–H and O–H groups in total. The predicted molar refractivity (Wildman–Crippen MR) is 69.3 cm³/mol. The third-order valence-corrected chi connectivity index (χ3v) is 4.39. The molecular weight excluding hydrogens is 236 g/mol. The molecule has 1 aromatic carbocycles. The first kappa shape index (κ1) is 14.2. The maximum Gasteiger partial charge on any atom is 0.242 e. The fourth-order valence-corrected chi connectivity index (χ4v) is 2.61. The highest BCUT2D eigenvalue weighted by molar-refractivity contribution is 7.89. The summed E-state index contributed by atoms with van der Waals surface area (Å²) in [6.07, 6.45) is 1.03. The highest BCUT2D eigenvalue weighted by atomic mass is 32.2. The molecule has 0 aliphatic rings. The maximum absolute atomic E-state index is 12.1.